The van der Waals surface area contributed by atoms with Gasteiger partial charge in [0, 0.05) is 5.54 Å². The van der Waals surface area contributed by atoms with Gasteiger partial charge in [-0.2, -0.15) is 0 Å². The maximum absolute atomic E-state index is 3.61. The van der Waals surface area contributed by atoms with E-state index in [2.05, 4.69) is 24.5 Å². The Labute approximate surface area is 69.8 Å². The largest absolute Gasteiger partial charge is 0.317 e. The average molecular weight is 156 g/mol. The molecule has 0 amide bonds. The summed E-state index contributed by atoms with van der Waals surface area (Å²) in [6, 6.07) is 0. The second-order valence-corrected chi connectivity index (χ2v) is 3.74. The molecule has 1 rings (SSSR count). The zero-order valence-corrected chi connectivity index (χ0v) is 7.74. The molecule has 2 N–H and O–H groups in total. The predicted octanol–water partition coefficient (Wildman–Crippen LogP) is 1.13. The van der Waals surface area contributed by atoms with E-state index in [0.29, 0.717) is 5.54 Å². The minimum absolute atomic E-state index is 0.418. The second-order valence-electron chi connectivity index (χ2n) is 3.74. The van der Waals surface area contributed by atoms with Crippen molar-refractivity contribution in [3.8, 4) is 0 Å². The van der Waals surface area contributed by atoms with Crippen molar-refractivity contribution in [2.24, 2.45) is 0 Å². The third kappa shape index (κ3) is 2.80. The SMILES string of the molecule is CCCNC1(C)CCNCC1. The van der Waals surface area contributed by atoms with Crippen LogP contribution in [0.2, 0.25) is 0 Å². The first-order valence-corrected chi connectivity index (χ1v) is 4.72. The van der Waals surface area contributed by atoms with Crippen molar-refractivity contribution in [2.75, 3.05) is 19.6 Å². The van der Waals surface area contributed by atoms with Crippen LogP contribution in [0, 0.1) is 0 Å². The lowest BCUT2D eigenvalue weighted by atomic mass is 9.90. The summed E-state index contributed by atoms with van der Waals surface area (Å²) in [7, 11) is 0. The molecule has 1 aliphatic heterocycles. The number of nitrogens with one attached hydrogen (secondary N) is 2. The molecule has 11 heavy (non-hydrogen) atoms. The Morgan fingerprint density at radius 3 is 2.55 bits per heavy atom. The van der Waals surface area contributed by atoms with Crippen LogP contribution in [0.1, 0.15) is 33.1 Å². The lowest BCUT2D eigenvalue weighted by molar-refractivity contribution is 0.268. The quantitative estimate of drug-likeness (QED) is 0.640. The van der Waals surface area contributed by atoms with E-state index in [1.807, 2.05) is 0 Å². The maximum Gasteiger partial charge on any atom is 0.0177 e. The number of rotatable bonds is 3. The molecule has 0 bridgehead atoms. The molecule has 0 aromatic rings. The van der Waals surface area contributed by atoms with Crippen LogP contribution in [-0.2, 0) is 0 Å². The van der Waals surface area contributed by atoms with Gasteiger partial charge in [-0.15, -0.1) is 0 Å². The van der Waals surface area contributed by atoms with Crippen molar-refractivity contribution in [3.05, 3.63) is 0 Å². The van der Waals surface area contributed by atoms with Crippen LogP contribution in [-0.4, -0.2) is 25.2 Å². The van der Waals surface area contributed by atoms with Gasteiger partial charge in [-0.1, -0.05) is 6.92 Å². The highest BCUT2D eigenvalue weighted by atomic mass is 15.0. The van der Waals surface area contributed by atoms with Crippen molar-refractivity contribution in [2.45, 2.75) is 38.6 Å². The van der Waals surface area contributed by atoms with Crippen LogP contribution < -0.4 is 10.6 Å². The fourth-order valence-electron chi connectivity index (χ4n) is 1.58. The lowest BCUT2D eigenvalue weighted by Crippen LogP contribution is -2.50. The highest BCUT2D eigenvalue weighted by Crippen LogP contribution is 2.16. The molecular weight excluding hydrogens is 136 g/mol. The van der Waals surface area contributed by atoms with E-state index in [4.69, 9.17) is 0 Å². The van der Waals surface area contributed by atoms with Gasteiger partial charge in [0.05, 0.1) is 0 Å². The molecule has 1 fully saturated rings. The predicted molar refractivity (Wildman–Crippen MR) is 48.8 cm³/mol. The minimum atomic E-state index is 0.418. The fraction of sp³-hybridized carbons (Fsp3) is 1.00. The Balaban J connectivity index is 2.25. The first kappa shape index (κ1) is 9.01. The Hall–Kier alpha value is -0.0800. The van der Waals surface area contributed by atoms with E-state index >= 15 is 0 Å². The van der Waals surface area contributed by atoms with Gasteiger partial charge in [-0.05, 0) is 45.8 Å². The molecule has 0 aromatic carbocycles. The summed E-state index contributed by atoms with van der Waals surface area (Å²) in [4.78, 5) is 0. The molecule has 66 valence electrons. The molecule has 0 unspecified atom stereocenters. The molecule has 0 aliphatic carbocycles. The zero-order valence-electron chi connectivity index (χ0n) is 7.74. The molecular formula is C9H20N2. The van der Waals surface area contributed by atoms with Crippen LogP contribution in [0.4, 0.5) is 0 Å². The Morgan fingerprint density at radius 2 is 2.00 bits per heavy atom. The summed E-state index contributed by atoms with van der Waals surface area (Å²) in [6.07, 6.45) is 3.78. The van der Waals surface area contributed by atoms with Gasteiger partial charge in [-0.25, -0.2) is 0 Å². The maximum atomic E-state index is 3.61. The fourth-order valence-corrected chi connectivity index (χ4v) is 1.58. The Kier molecular flexibility index (Phi) is 3.34. The van der Waals surface area contributed by atoms with E-state index in [9.17, 15) is 0 Å². The van der Waals surface area contributed by atoms with Crippen LogP contribution in [0.3, 0.4) is 0 Å². The average Bonchev–Trinajstić information content (AvgIpc) is 2.03. The monoisotopic (exact) mass is 156 g/mol. The van der Waals surface area contributed by atoms with E-state index in [-0.39, 0.29) is 0 Å². The molecule has 0 saturated carbocycles. The van der Waals surface area contributed by atoms with Gasteiger partial charge < -0.3 is 10.6 Å². The van der Waals surface area contributed by atoms with Gasteiger partial charge in [0.15, 0.2) is 0 Å². The molecule has 2 heteroatoms. The lowest BCUT2D eigenvalue weighted by Gasteiger charge is -2.35. The van der Waals surface area contributed by atoms with Gasteiger partial charge in [0.1, 0.15) is 0 Å². The van der Waals surface area contributed by atoms with Crippen molar-refractivity contribution in [3.63, 3.8) is 0 Å². The van der Waals surface area contributed by atoms with E-state index in [1.165, 1.54) is 32.4 Å². The van der Waals surface area contributed by atoms with Gasteiger partial charge in [0.25, 0.3) is 0 Å². The normalized spacial score (nSPS) is 23.5. The molecule has 0 radical (unpaired) electrons. The summed E-state index contributed by atoms with van der Waals surface area (Å²) in [5.74, 6) is 0. The van der Waals surface area contributed by atoms with E-state index < -0.39 is 0 Å². The Bertz CT molecular complexity index is 106. The zero-order chi connectivity index (χ0) is 8.16. The van der Waals surface area contributed by atoms with Crippen LogP contribution in [0.15, 0.2) is 0 Å². The first-order valence-electron chi connectivity index (χ1n) is 4.72. The molecule has 1 saturated heterocycles. The molecule has 2 nitrogen and oxygen atoms in total. The summed E-state index contributed by atoms with van der Waals surface area (Å²) in [6.45, 7) is 8.07. The van der Waals surface area contributed by atoms with Crippen molar-refractivity contribution < 1.29 is 0 Å². The minimum Gasteiger partial charge on any atom is -0.317 e. The smallest absolute Gasteiger partial charge is 0.0177 e. The third-order valence-corrected chi connectivity index (χ3v) is 2.51. The molecule has 1 heterocycles. The molecule has 0 atom stereocenters. The van der Waals surface area contributed by atoms with Crippen LogP contribution >= 0.6 is 0 Å². The number of hydrogen-bond acceptors (Lipinski definition) is 2. The van der Waals surface area contributed by atoms with Crippen molar-refractivity contribution in [1.82, 2.24) is 10.6 Å². The van der Waals surface area contributed by atoms with Crippen LogP contribution in [0.25, 0.3) is 0 Å². The molecule has 1 aliphatic rings. The summed E-state index contributed by atoms with van der Waals surface area (Å²) in [5.41, 5.74) is 0.418. The Morgan fingerprint density at radius 1 is 1.36 bits per heavy atom. The third-order valence-electron chi connectivity index (χ3n) is 2.51. The summed E-state index contributed by atoms with van der Waals surface area (Å²) in [5, 5.41) is 6.98. The molecule has 0 spiro atoms. The highest BCUT2D eigenvalue weighted by molar-refractivity contribution is 4.87. The number of piperidine rings is 1. The van der Waals surface area contributed by atoms with Crippen molar-refractivity contribution >= 4 is 0 Å². The van der Waals surface area contributed by atoms with Gasteiger partial charge in [0.2, 0.25) is 0 Å². The topological polar surface area (TPSA) is 24.1 Å². The summed E-state index contributed by atoms with van der Waals surface area (Å²) < 4.78 is 0. The highest BCUT2D eigenvalue weighted by Gasteiger charge is 2.24. The van der Waals surface area contributed by atoms with Crippen molar-refractivity contribution in [1.29, 1.82) is 0 Å². The standard InChI is InChI=1S/C9H20N2/c1-3-6-11-9(2)4-7-10-8-5-9/h10-11H,3-8H2,1-2H3. The van der Waals surface area contributed by atoms with E-state index in [0.717, 1.165) is 6.54 Å². The van der Waals surface area contributed by atoms with Gasteiger partial charge >= 0.3 is 0 Å². The second kappa shape index (κ2) is 4.07. The number of hydrogen-bond donors (Lipinski definition) is 2. The van der Waals surface area contributed by atoms with Gasteiger partial charge in [-0.3, -0.25) is 0 Å². The first-order chi connectivity index (χ1) is 5.27. The van der Waals surface area contributed by atoms with Crippen LogP contribution in [0.5, 0.6) is 0 Å². The summed E-state index contributed by atoms with van der Waals surface area (Å²) >= 11 is 0. The molecule has 0 aromatic heterocycles. The van der Waals surface area contributed by atoms with E-state index in [1.54, 1.807) is 0 Å².